The molecule has 1 fully saturated rings. The van der Waals surface area contributed by atoms with Crippen LogP contribution in [0.2, 0.25) is 5.02 Å². The lowest BCUT2D eigenvalue weighted by Gasteiger charge is -2.17. The Labute approximate surface area is 141 Å². The predicted octanol–water partition coefficient (Wildman–Crippen LogP) is 1.70. The Morgan fingerprint density at radius 1 is 1.29 bits per heavy atom. The van der Waals surface area contributed by atoms with Gasteiger partial charge in [0.25, 0.3) is 5.91 Å². The first-order chi connectivity index (χ1) is 11.5. The van der Waals surface area contributed by atoms with E-state index in [1.165, 1.54) is 29.3 Å². The summed E-state index contributed by atoms with van der Waals surface area (Å²) in [5.41, 5.74) is 0.149. The molecule has 1 saturated heterocycles. The zero-order valence-electron chi connectivity index (χ0n) is 12.4. The van der Waals surface area contributed by atoms with Gasteiger partial charge >= 0.3 is 0 Å². The molecule has 0 radical (unpaired) electrons. The number of aromatic nitrogens is 1. The summed E-state index contributed by atoms with van der Waals surface area (Å²) in [6.45, 7) is 0.347. The first-order valence-electron chi connectivity index (χ1n) is 7.22. The molecule has 1 unspecified atom stereocenters. The van der Waals surface area contributed by atoms with Crippen LogP contribution in [0.15, 0.2) is 41.3 Å². The molecule has 6 nitrogen and oxygen atoms in total. The average molecular weight is 350 g/mol. The summed E-state index contributed by atoms with van der Waals surface area (Å²) in [5.74, 6) is -1.46. The monoisotopic (exact) mass is 349 g/mol. The van der Waals surface area contributed by atoms with Crippen molar-refractivity contribution < 1.29 is 14.0 Å². The van der Waals surface area contributed by atoms with Crippen molar-refractivity contribution in [2.24, 2.45) is 0 Å². The van der Waals surface area contributed by atoms with Crippen LogP contribution < -0.4 is 15.8 Å². The first kappa shape index (κ1) is 16.2. The Hall–Kier alpha value is -2.67. The van der Waals surface area contributed by atoms with E-state index >= 15 is 0 Å². The van der Waals surface area contributed by atoms with Gasteiger partial charge in [-0.1, -0.05) is 11.6 Å². The molecule has 0 spiro atoms. The van der Waals surface area contributed by atoms with Crippen molar-refractivity contribution in [1.82, 2.24) is 10.3 Å². The van der Waals surface area contributed by atoms with Crippen molar-refractivity contribution in [2.45, 2.75) is 12.5 Å². The molecule has 0 saturated carbocycles. The molecular formula is C16H13ClFN3O3. The van der Waals surface area contributed by atoms with Crippen LogP contribution in [-0.2, 0) is 4.79 Å². The number of benzene rings is 1. The first-order valence-corrected chi connectivity index (χ1v) is 7.59. The van der Waals surface area contributed by atoms with Gasteiger partial charge in [0.15, 0.2) is 0 Å². The summed E-state index contributed by atoms with van der Waals surface area (Å²) in [4.78, 5) is 39.6. The summed E-state index contributed by atoms with van der Waals surface area (Å²) in [6.07, 6.45) is 1.74. The number of H-pyrrole nitrogens is 1. The molecule has 0 aliphatic carbocycles. The zero-order chi connectivity index (χ0) is 17.3. The molecule has 2 N–H and O–H groups in total. The van der Waals surface area contributed by atoms with Gasteiger partial charge in [-0.3, -0.25) is 14.4 Å². The van der Waals surface area contributed by atoms with Crippen LogP contribution in [0.5, 0.6) is 0 Å². The van der Waals surface area contributed by atoms with E-state index in [0.717, 1.165) is 6.07 Å². The molecule has 1 aromatic carbocycles. The second-order valence-electron chi connectivity index (χ2n) is 5.34. The fourth-order valence-electron chi connectivity index (χ4n) is 2.55. The summed E-state index contributed by atoms with van der Waals surface area (Å²) in [5, 5.41) is 2.57. The molecule has 124 valence electrons. The van der Waals surface area contributed by atoms with Gasteiger partial charge in [-0.05, 0) is 30.7 Å². The minimum absolute atomic E-state index is 0.0236. The largest absolute Gasteiger partial charge is 0.340 e. The topological polar surface area (TPSA) is 82.3 Å². The minimum atomic E-state index is -0.726. The molecule has 1 aromatic heterocycles. The lowest BCUT2D eigenvalue weighted by atomic mass is 10.2. The standard InChI is InChI=1S/C16H13ClFN3O3/c17-11-2-1-10(8-12(11)18)21-6-4-13(16(21)24)20-15(23)9-3-5-19-14(22)7-9/h1-3,5,7-8,13H,4,6H2,(H,19,22)(H,20,23). The van der Waals surface area contributed by atoms with Crippen LogP contribution in [0.4, 0.5) is 10.1 Å². The normalized spacial score (nSPS) is 17.2. The number of rotatable bonds is 3. The summed E-state index contributed by atoms with van der Waals surface area (Å²) in [6, 6.07) is 5.98. The maximum atomic E-state index is 13.6. The van der Waals surface area contributed by atoms with E-state index in [9.17, 15) is 18.8 Å². The van der Waals surface area contributed by atoms with Gasteiger partial charge in [-0.15, -0.1) is 0 Å². The summed E-state index contributed by atoms with van der Waals surface area (Å²) >= 11 is 5.64. The maximum absolute atomic E-state index is 13.6. The van der Waals surface area contributed by atoms with Gasteiger partial charge in [-0.2, -0.15) is 0 Å². The number of hydrogen-bond acceptors (Lipinski definition) is 3. The van der Waals surface area contributed by atoms with Crippen LogP contribution in [0.25, 0.3) is 0 Å². The number of pyridine rings is 1. The number of carbonyl (C=O) groups excluding carboxylic acids is 2. The van der Waals surface area contributed by atoms with E-state index in [1.807, 2.05) is 0 Å². The SMILES string of the molecule is O=C(NC1CCN(c2ccc(Cl)c(F)c2)C1=O)c1cc[nH]c(=O)c1. The predicted molar refractivity (Wildman–Crippen MR) is 86.7 cm³/mol. The van der Waals surface area contributed by atoms with Crippen LogP contribution in [0, 0.1) is 5.82 Å². The lowest BCUT2D eigenvalue weighted by molar-refractivity contribution is -0.118. The van der Waals surface area contributed by atoms with Crippen LogP contribution in [0.1, 0.15) is 16.8 Å². The van der Waals surface area contributed by atoms with Crippen molar-refractivity contribution in [2.75, 3.05) is 11.4 Å². The molecular weight excluding hydrogens is 337 g/mol. The fourth-order valence-corrected chi connectivity index (χ4v) is 2.67. The number of halogens is 2. The van der Waals surface area contributed by atoms with E-state index in [1.54, 1.807) is 6.07 Å². The molecule has 24 heavy (non-hydrogen) atoms. The highest BCUT2D eigenvalue weighted by Crippen LogP contribution is 2.25. The van der Waals surface area contributed by atoms with Gasteiger partial charge < -0.3 is 15.2 Å². The Morgan fingerprint density at radius 2 is 2.08 bits per heavy atom. The van der Waals surface area contributed by atoms with Crippen LogP contribution in [-0.4, -0.2) is 29.4 Å². The van der Waals surface area contributed by atoms with Crippen molar-refractivity contribution in [1.29, 1.82) is 0 Å². The molecule has 2 heterocycles. The number of nitrogens with one attached hydrogen (secondary N) is 2. The van der Waals surface area contributed by atoms with Gasteiger partial charge in [0.2, 0.25) is 11.5 Å². The summed E-state index contributed by atoms with van der Waals surface area (Å²) in [7, 11) is 0. The van der Waals surface area contributed by atoms with E-state index in [0.29, 0.717) is 18.7 Å². The van der Waals surface area contributed by atoms with Gasteiger partial charge in [-0.25, -0.2) is 4.39 Å². The minimum Gasteiger partial charge on any atom is -0.340 e. The summed E-state index contributed by atoms with van der Waals surface area (Å²) < 4.78 is 13.6. The number of aromatic amines is 1. The number of amides is 2. The highest BCUT2D eigenvalue weighted by Gasteiger charge is 2.34. The van der Waals surface area contributed by atoms with Crippen molar-refractivity contribution >= 4 is 29.1 Å². The Bertz CT molecular complexity index is 868. The number of hydrogen-bond donors (Lipinski definition) is 2. The second kappa shape index (κ2) is 6.45. The van der Waals surface area contributed by atoms with Gasteiger partial charge in [0.1, 0.15) is 11.9 Å². The Morgan fingerprint density at radius 3 is 2.79 bits per heavy atom. The second-order valence-corrected chi connectivity index (χ2v) is 5.75. The van der Waals surface area contributed by atoms with Crippen molar-refractivity contribution in [3.63, 3.8) is 0 Å². The maximum Gasteiger partial charge on any atom is 0.252 e. The molecule has 0 bridgehead atoms. The number of anilines is 1. The smallest absolute Gasteiger partial charge is 0.252 e. The number of nitrogens with zero attached hydrogens (tertiary/aromatic N) is 1. The van der Waals surface area contributed by atoms with Gasteiger partial charge in [0.05, 0.1) is 5.02 Å². The van der Waals surface area contributed by atoms with Crippen LogP contribution >= 0.6 is 11.6 Å². The third-order valence-corrected chi connectivity index (χ3v) is 4.07. The average Bonchev–Trinajstić information content (AvgIpc) is 2.91. The molecule has 1 aliphatic rings. The molecule has 1 atom stereocenters. The number of carbonyl (C=O) groups is 2. The highest BCUT2D eigenvalue weighted by atomic mass is 35.5. The fraction of sp³-hybridized carbons (Fsp3) is 0.188. The molecule has 2 aromatic rings. The van der Waals surface area contributed by atoms with E-state index in [4.69, 9.17) is 11.6 Å². The Balaban J connectivity index is 1.73. The third kappa shape index (κ3) is 3.16. The third-order valence-electron chi connectivity index (χ3n) is 3.76. The van der Waals surface area contributed by atoms with Gasteiger partial charge in [0, 0.05) is 30.1 Å². The molecule has 8 heteroatoms. The quantitative estimate of drug-likeness (QED) is 0.885. The highest BCUT2D eigenvalue weighted by molar-refractivity contribution is 6.30. The molecule has 1 aliphatic heterocycles. The van der Waals surface area contributed by atoms with E-state index < -0.39 is 23.3 Å². The van der Waals surface area contributed by atoms with Crippen LogP contribution in [0.3, 0.4) is 0 Å². The van der Waals surface area contributed by atoms with Crippen molar-refractivity contribution in [3.05, 3.63) is 63.3 Å². The Kier molecular flexibility index (Phi) is 4.35. The zero-order valence-corrected chi connectivity index (χ0v) is 13.1. The van der Waals surface area contributed by atoms with Crippen molar-refractivity contribution in [3.8, 4) is 0 Å². The van der Waals surface area contributed by atoms with E-state index in [-0.39, 0.29) is 16.5 Å². The van der Waals surface area contributed by atoms with E-state index in [2.05, 4.69) is 10.3 Å². The molecule has 2 amide bonds. The lowest BCUT2D eigenvalue weighted by Crippen LogP contribution is -2.41. The molecule has 3 rings (SSSR count).